The van der Waals surface area contributed by atoms with Crippen LogP contribution in [0.1, 0.15) is 0 Å². The third-order valence-electron chi connectivity index (χ3n) is 2.18. The van der Waals surface area contributed by atoms with E-state index in [0.717, 1.165) is 0 Å². The van der Waals surface area contributed by atoms with Crippen molar-refractivity contribution in [2.45, 2.75) is 6.54 Å². The normalized spacial score (nSPS) is 10.3. The van der Waals surface area contributed by atoms with Crippen LogP contribution in [0.3, 0.4) is 0 Å². The largest absolute Gasteiger partial charge is 0.362 e. The lowest BCUT2D eigenvalue weighted by molar-refractivity contribution is -0.384. The highest BCUT2D eigenvalue weighted by Gasteiger charge is 2.20. The van der Waals surface area contributed by atoms with E-state index in [2.05, 4.69) is 20.3 Å². The smallest absolute Gasteiger partial charge is 0.348 e. The van der Waals surface area contributed by atoms with Crippen LogP contribution < -0.4 is 5.32 Å². The first kappa shape index (κ1) is 12.2. The summed E-state index contributed by atoms with van der Waals surface area (Å²) in [5.41, 5.74) is -0.315. The average Bonchev–Trinajstić information content (AvgIpc) is 2.81. The maximum atomic E-state index is 10.8. The van der Waals surface area contributed by atoms with E-state index in [1.54, 1.807) is 18.7 Å². The molecular weight excluding hydrogens is 260 g/mol. The Balaban J connectivity index is 2.05. The Morgan fingerprint density at radius 1 is 1.50 bits per heavy atom. The van der Waals surface area contributed by atoms with Crippen LogP contribution in [-0.2, 0) is 6.54 Å². The predicted octanol–water partition coefficient (Wildman–Crippen LogP) is 1.35. The van der Waals surface area contributed by atoms with Crippen LogP contribution in [0.5, 0.6) is 0 Å². The predicted molar refractivity (Wildman–Crippen MR) is 64.4 cm³/mol. The molecule has 2 aromatic rings. The Hall–Kier alpha value is -2.22. The Kier molecular flexibility index (Phi) is 3.68. The number of imidazole rings is 1. The minimum Gasteiger partial charge on any atom is -0.362 e. The van der Waals surface area contributed by atoms with Crippen molar-refractivity contribution >= 4 is 23.1 Å². The summed E-state index contributed by atoms with van der Waals surface area (Å²) in [7, 11) is 0. The molecule has 0 radical (unpaired) electrons. The van der Waals surface area contributed by atoms with Crippen molar-refractivity contribution in [3.63, 3.8) is 0 Å². The maximum absolute atomic E-state index is 10.8. The molecule has 0 amide bonds. The van der Waals surface area contributed by atoms with Crippen LogP contribution in [0.4, 0.5) is 11.5 Å². The first-order chi connectivity index (χ1) is 8.68. The van der Waals surface area contributed by atoms with E-state index >= 15 is 0 Å². The number of nitrogens with zero attached hydrogens (tertiary/aromatic N) is 5. The molecule has 0 spiro atoms. The molecule has 0 aromatic carbocycles. The molecule has 1 N–H and O–H groups in total. The summed E-state index contributed by atoms with van der Waals surface area (Å²) in [6.07, 6.45) is 6.28. The van der Waals surface area contributed by atoms with Gasteiger partial charge in [0.1, 0.15) is 6.33 Å². The zero-order chi connectivity index (χ0) is 13.0. The van der Waals surface area contributed by atoms with E-state index in [0.29, 0.717) is 13.1 Å². The van der Waals surface area contributed by atoms with Crippen LogP contribution in [-0.4, -0.2) is 31.0 Å². The van der Waals surface area contributed by atoms with Gasteiger partial charge < -0.3 is 9.88 Å². The van der Waals surface area contributed by atoms with Gasteiger partial charge in [-0.15, -0.1) is 0 Å². The number of hydrogen-bond donors (Lipinski definition) is 1. The van der Waals surface area contributed by atoms with Gasteiger partial charge in [0.05, 0.1) is 11.3 Å². The number of hydrogen-bond acceptors (Lipinski definition) is 6. The molecule has 0 atom stereocenters. The lowest BCUT2D eigenvalue weighted by Crippen LogP contribution is -2.12. The fourth-order valence-electron chi connectivity index (χ4n) is 1.37. The maximum Gasteiger partial charge on any atom is 0.348 e. The summed E-state index contributed by atoms with van der Waals surface area (Å²) in [5.74, 6) is 0.111. The van der Waals surface area contributed by atoms with Gasteiger partial charge in [-0.1, -0.05) is 11.6 Å². The van der Waals surface area contributed by atoms with Gasteiger partial charge in [0.15, 0.2) is 0 Å². The van der Waals surface area contributed by atoms with Crippen molar-refractivity contribution in [2.24, 2.45) is 0 Å². The molecule has 94 valence electrons. The van der Waals surface area contributed by atoms with Crippen molar-refractivity contribution in [3.8, 4) is 0 Å². The number of rotatable bonds is 5. The molecule has 0 saturated carbocycles. The quantitative estimate of drug-likeness (QED) is 0.499. The third-order valence-corrected chi connectivity index (χ3v) is 2.46. The number of nitrogens with one attached hydrogen (secondary N) is 1. The highest BCUT2D eigenvalue weighted by atomic mass is 35.5. The second-order valence-electron chi connectivity index (χ2n) is 3.35. The summed E-state index contributed by atoms with van der Waals surface area (Å²) < 4.78 is 1.83. The van der Waals surface area contributed by atoms with Gasteiger partial charge in [-0.25, -0.2) is 15.0 Å². The van der Waals surface area contributed by atoms with Gasteiger partial charge in [-0.3, -0.25) is 10.1 Å². The van der Waals surface area contributed by atoms with Crippen LogP contribution >= 0.6 is 11.6 Å². The van der Waals surface area contributed by atoms with E-state index in [1.807, 2.05) is 4.57 Å². The molecule has 0 aliphatic rings. The summed E-state index contributed by atoms with van der Waals surface area (Å²) in [5, 5.41) is 13.5. The highest BCUT2D eigenvalue weighted by molar-refractivity contribution is 6.31. The van der Waals surface area contributed by atoms with Gasteiger partial charge in [0, 0.05) is 25.5 Å². The lowest BCUT2D eigenvalue weighted by Gasteiger charge is -2.06. The van der Waals surface area contributed by atoms with E-state index in [9.17, 15) is 10.1 Å². The van der Waals surface area contributed by atoms with Gasteiger partial charge in [0.25, 0.3) is 0 Å². The van der Waals surface area contributed by atoms with Crippen LogP contribution in [0.15, 0.2) is 25.0 Å². The van der Waals surface area contributed by atoms with E-state index in [1.165, 1.54) is 6.33 Å². The number of anilines is 1. The number of halogens is 1. The van der Waals surface area contributed by atoms with Crippen molar-refractivity contribution in [2.75, 3.05) is 11.9 Å². The summed E-state index contributed by atoms with van der Waals surface area (Å²) in [6.45, 7) is 1.07. The van der Waals surface area contributed by atoms with Crippen molar-refractivity contribution in [1.82, 2.24) is 19.5 Å². The monoisotopic (exact) mass is 268 g/mol. The molecule has 8 nitrogen and oxygen atoms in total. The Morgan fingerprint density at radius 3 is 3.00 bits per heavy atom. The Morgan fingerprint density at radius 2 is 2.33 bits per heavy atom. The molecule has 9 heteroatoms. The molecule has 0 fully saturated rings. The van der Waals surface area contributed by atoms with Gasteiger partial charge >= 0.3 is 5.69 Å². The van der Waals surface area contributed by atoms with Crippen molar-refractivity contribution in [3.05, 3.63) is 40.3 Å². The molecule has 0 aliphatic heterocycles. The molecule has 2 rings (SSSR count). The number of aromatic nitrogens is 4. The summed E-state index contributed by atoms with van der Waals surface area (Å²) in [6, 6.07) is 0. The first-order valence-electron chi connectivity index (χ1n) is 5.03. The molecule has 18 heavy (non-hydrogen) atoms. The lowest BCUT2D eigenvalue weighted by atomic mass is 10.4. The van der Waals surface area contributed by atoms with Gasteiger partial charge in [-0.05, 0) is 0 Å². The van der Waals surface area contributed by atoms with Gasteiger partial charge in [0.2, 0.25) is 11.0 Å². The standard InChI is InChI=1S/C9H9ClN6O2/c10-8-7(16(17)18)9(14-5-13-8)12-2-4-15-3-1-11-6-15/h1,3,5-6H,2,4H2,(H,12,13,14). The molecular formula is C9H9ClN6O2. The third kappa shape index (κ3) is 2.72. The first-order valence-corrected chi connectivity index (χ1v) is 5.41. The summed E-state index contributed by atoms with van der Waals surface area (Å²) in [4.78, 5) is 21.5. The molecule has 0 bridgehead atoms. The second kappa shape index (κ2) is 5.41. The van der Waals surface area contributed by atoms with Crippen molar-refractivity contribution < 1.29 is 4.92 Å². The van der Waals surface area contributed by atoms with Gasteiger partial charge in [-0.2, -0.15) is 0 Å². The van der Waals surface area contributed by atoms with Crippen LogP contribution in [0.25, 0.3) is 0 Å². The zero-order valence-corrected chi connectivity index (χ0v) is 9.91. The second-order valence-corrected chi connectivity index (χ2v) is 3.70. The fraction of sp³-hybridized carbons (Fsp3) is 0.222. The van der Waals surface area contributed by atoms with E-state index in [-0.39, 0.29) is 16.7 Å². The Labute approximate surface area is 107 Å². The molecule has 0 unspecified atom stereocenters. The van der Waals surface area contributed by atoms with Crippen LogP contribution in [0.2, 0.25) is 5.15 Å². The minimum atomic E-state index is -0.609. The Bertz CT molecular complexity index is 544. The highest BCUT2D eigenvalue weighted by Crippen LogP contribution is 2.27. The van der Waals surface area contributed by atoms with E-state index < -0.39 is 4.92 Å². The SMILES string of the molecule is O=[N+]([O-])c1c(Cl)ncnc1NCCn1ccnc1. The zero-order valence-electron chi connectivity index (χ0n) is 9.15. The molecule has 0 saturated heterocycles. The fourth-order valence-corrected chi connectivity index (χ4v) is 1.57. The topological polar surface area (TPSA) is 98.8 Å². The van der Waals surface area contributed by atoms with Crippen LogP contribution in [0, 0.1) is 10.1 Å². The summed E-state index contributed by atoms with van der Waals surface area (Å²) >= 11 is 5.65. The minimum absolute atomic E-state index is 0.111. The molecule has 2 aromatic heterocycles. The molecule has 2 heterocycles. The average molecular weight is 269 g/mol. The van der Waals surface area contributed by atoms with Crippen molar-refractivity contribution in [1.29, 1.82) is 0 Å². The number of nitro groups is 1. The van der Waals surface area contributed by atoms with E-state index in [4.69, 9.17) is 11.6 Å². The molecule has 0 aliphatic carbocycles.